The van der Waals surface area contributed by atoms with E-state index in [1.807, 2.05) is 6.92 Å². The minimum atomic E-state index is 0.539. The predicted octanol–water partition coefficient (Wildman–Crippen LogP) is 5.48. The van der Waals surface area contributed by atoms with E-state index in [0.29, 0.717) is 79.3 Å². The molecular weight excluding hydrogens is 460 g/mol. The Balaban J connectivity index is 1.80. The van der Waals surface area contributed by atoms with Crippen molar-refractivity contribution in [3.05, 3.63) is 29.8 Å². The molecule has 0 aliphatic carbocycles. The predicted molar refractivity (Wildman–Crippen MR) is 144 cm³/mol. The lowest BCUT2D eigenvalue weighted by atomic mass is 10.0. The summed E-state index contributed by atoms with van der Waals surface area (Å²) in [6, 6.07) is 8.47. The lowest BCUT2D eigenvalue weighted by Crippen LogP contribution is -2.14. The summed E-state index contributed by atoms with van der Waals surface area (Å²) >= 11 is 0. The number of benzene rings is 1. The second-order valence-electron chi connectivity index (χ2n) is 8.62. The zero-order valence-corrected chi connectivity index (χ0v) is 23.0. The van der Waals surface area contributed by atoms with Crippen molar-refractivity contribution in [3.8, 4) is 5.75 Å². The number of ether oxygens (including phenoxy) is 7. The number of aryl methyl sites for hydroxylation is 1. The molecule has 0 fully saturated rings. The van der Waals surface area contributed by atoms with E-state index in [4.69, 9.17) is 33.2 Å². The van der Waals surface area contributed by atoms with Crippen molar-refractivity contribution >= 4 is 0 Å². The quantitative estimate of drug-likeness (QED) is 0.138. The molecular formula is C29H52O7. The van der Waals surface area contributed by atoms with Gasteiger partial charge >= 0.3 is 0 Å². The van der Waals surface area contributed by atoms with Crippen LogP contribution in [0, 0.1) is 0 Å². The van der Waals surface area contributed by atoms with Gasteiger partial charge < -0.3 is 33.2 Å². The Labute approximate surface area is 220 Å². The van der Waals surface area contributed by atoms with E-state index < -0.39 is 0 Å². The highest BCUT2D eigenvalue weighted by molar-refractivity contribution is 5.27. The first-order valence-corrected chi connectivity index (χ1v) is 14.0. The Hall–Kier alpha value is -1.22. The van der Waals surface area contributed by atoms with Gasteiger partial charge in [-0.2, -0.15) is 0 Å². The van der Waals surface area contributed by atoms with E-state index in [-0.39, 0.29) is 0 Å². The zero-order valence-electron chi connectivity index (χ0n) is 23.0. The summed E-state index contributed by atoms with van der Waals surface area (Å²) in [5.41, 5.74) is 1.39. The molecule has 0 unspecified atom stereocenters. The molecule has 0 spiro atoms. The molecule has 0 radical (unpaired) electrons. The van der Waals surface area contributed by atoms with Crippen LogP contribution in [0.3, 0.4) is 0 Å². The van der Waals surface area contributed by atoms with Crippen molar-refractivity contribution in [1.29, 1.82) is 0 Å². The van der Waals surface area contributed by atoms with Gasteiger partial charge in [-0.3, -0.25) is 0 Å². The molecule has 0 aliphatic rings. The molecule has 0 aromatic heterocycles. The smallest absolute Gasteiger partial charge is 0.119 e. The fourth-order valence-corrected chi connectivity index (χ4v) is 3.50. The highest BCUT2D eigenvalue weighted by Crippen LogP contribution is 2.15. The summed E-state index contributed by atoms with van der Waals surface area (Å²) in [5.74, 6) is 0.897. The molecule has 0 saturated carbocycles. The van der Waals surface area contributed by atoms with Gasteiger partial charge in [0, 0.05) is 6.61 Å². The number of unbranched alkanes of at least 4 members (excludes halogenated alkanes) is 6. The minimum absolute atomic E-state index is 0.539. The van der Waals surface area contributed by atoms with Gasteiger partial charge in [-0.05, 0) is 37.5 Å². The lowest BCUT2D eigenvalue weighted by Gasteiger charge is -2.09. The third-order valence-electron chi connectivity index (χ3n) is 5.55. The molecule has 7 nitrogen and oxygen atoms in total. The van der Waals surface area contributed by atoms with Crippen molar-refractivity contribution < 1.29 is 33.2 Å². The van der Waals surface area contributed by atoms with Crippen molar-refractivity contribution in [1.82, 2.24) is 0 Å². The standard InChI is InChI=1S/C29H52O7/c1-3-5-6-7-8-9-10-11-28-12-14-29(15-13-28)36-27-26-35-25-24-34-23-22-33-21-20-32-19-18-31-17-16-30-4-2/h12-15H,3-11,16-27H2,1-2H3. The van der Waals surface area contributed by atoms with Crippen LogP contribution in [0.1, 0.15) is 64.4 Å². The summed E-state index contributed by atoms with van der Waals surface area (Å²) in [4.78, 5) is 0. The highest BCUT2D eigenvalue weighted by atomic mass is 16.6. The Kier molecular flexibility index (Phi) is 24.5. The first-order chi connectivity index (χ1) is 17.9. The Bertz CT molecular complexity index is 553. The van der Waals surface area contributed by atoms with Crippen LogP contribution in [0.25, 0.3) is 0 Å². The van der Waals surface area contributed by atoms with Gasteiger partial charge in [0.05, 0.1) is 72.7 Å². The maximum atomic E-state index is 5.76. The van der Waals surface area contributed by atoms with Crippen LogP contribution in [0.2, 0.25) is 0 Å². The molecule has 0 N–H and O–H groups in total. The molecule has 1 aromatic rings. The summed E-state index contributed by atoms with van der Waals surface area (Å²) < 4.78 is 38.3. The van der Waals surface area contributed by atoms with Gasteiger partial charge in [-0.25, -0.2) is 0 Å². The van der Waals surface area contributed by atoms with Crippen LogP contribution in [0.4, 0.5) is 0 Å². The molecule has 0 aliphatic heterocycles. The summed E-state index contributed by atoms with van der Waals surface area (Å²) in [6.45, 7) is 11.7. The molecule has 210 valence electrons. The molecule has 0 saturated heterocycles. The first-order valence-electron chi connectivity index (χ1n) is 14.0. The third kappa shape index (κ3) is 22.0. The van der Waals surface area contributed by atoms with Crippen LogP contribution < -0.4 is 4.74 Å². The van der Waals surface area contributed by atoms with Gasteiger partial charge in [0.15, 0.2) is 0 Å². The molecule has 0 atom stereocenters. The average Bonchev–Trinajstić information content (AvgIpc) is 2.90. The normalized spacial score (nSPS) is 11.3. The Morgan fingerprint density at radius 2 is 0.861 bits per heavy atom. The largest absolute Gasteiger partial charge is 0.491 e. The van der Waals surface area contributed by atoms with Crippen molar-refractivity contribution in [2.24, 2.45) is 0 Å². The number of hydrogen-bond acceptors (Lipinski definition) is 7. The van der Waals surface area contributed by atoms with Gasteiger partial charge in [0.1, 0.15) is 12.4 Å². The van der Waals surface area contributed by atoms with Crippen LogP contribution in [0.5, 0.6) is 5.75 Å². The fraction of sp³-hybridized carbons (Fsp3) is 0.793. The van der Waals surface area contributed by atoms with E-state index in [2.05, 4.69) is 31.2 Å². The maximum Gasteiger partial charge on any atom is 0.119 e. The van der Waals surface area contributed by atoms with Gasteiger partial charge in [-0.1, -0.05) is 57.6 Å². The summed E-state index contributed by atoms with van der Waals surface area (Å²) in [5, 5.41) is 0. The van der Waals surface area contributed by atoms with E-state index in [9.17, 15) is 0 Å². The van der Waals surface area contributed by atoms with Crippen LogP contribution in [0.15, 0.2) is 24.3 Å². The zero-order chi connectivity index (χ0) is 25.8. The third-order valence-corrected chi connectivity index (χ3v) is 5.55. The summed E-state index contributed by atoms with van der Waals surface area (Å²) in [6.07, 6.45) is 10.6. The van der Waals surface area contributed by atoms with E-state index >= 15 is 0 Å². The van der Waals surface area contributed by atoms with Crippen LogP contribution in [-0.2, 0) is 34.8 Å². The van der Waals surface area contributed by atoms with Crippen LogP contribution in [-0.4, -0.2) is 85.9 Å². The monoisotopic (exact) mass is 512 g/mol. The van der Waals surface area contributed by atoms with Gasteiger partial charge in [0.2, 0.25) is 0 Å². The Morgan fingerprint density at radius 1 is 0.444 bits per heavy atom. The summed E-state index contributed by atoms with van der Waals surface area (Å²) in [7, 11) is 0. The van der Waals surface area contributed by atoms with Crippen molar-refractivity contribution in [3.63, 3.8) is 0 Å². The van der Waals surface area contributed by atoms with Gasteiger partial charge in [0.25, 0.3) is 0 Å². The number of hydrogen-bond donors (Lipinski definition) is 0. The SMILES string of the molecule is CCCCCCCCCc1ccc(OCCOCCOCCOCCOCCOCCOCC)cc1. The first kappa shape index (κ1) is 32.8. The molecule has 0 heterocycles. The van der Waals surface area contributed by atoms with Crippen LogP contribution >= 0.6 is 0 Å². The lowest BCUT2D eigenvalue weighted by molar-refractivity contribution is -0.0173. The second kappa shape index (κ2) is 26.8. The second-order valence-corrected chi connectivity index (χ2v) is 8.62. The van der Waals surface area contributed by atoms with E-state index in [0.717, 1.165) is 18.8 Å². The molecule has 1 aromatic carbocycles. The highest BCUT2D eigenvalue weighted by Gasteiger charge is 1.98. The average molecular weight is 513 g/mol. The van der Waals surface area contributed by atoms with Crippen molar-refractivity contribution in [2.45, 2.75) is 65.2 Å². The van der Waals surface area contributed by atoms with E-state index in [1.54, 1.807) is 0 Å². The topological polar surface area (TPSA) is 64.6 Å². The Morgan fingerprint density at radius 3 is 1.33 bits per heavy atom. The molecule has 7 heteroatoms. The van der Waals surface area contributed by atoms with E-state index in [1.165, 1.54) is 50.5 Å². The number of rotatable bonds is 28. The molecule has 36 heavy (non-hydrogen) atoms. The molecule has 0 amide bonds. The van der Waals surface area contributed by atoms with Gasteiger partial charge in [-0.15, -0.1) is 0 Å². The molecule has 1 rings (SSSR count). The molecule has 0 bridgehead atoms. The minimum Gasteiger partial charge on any atom is -0.491 e. The van der Waals surface area contributed by atoms with Crippen molar-refractivity contribution in [2.75, 3.05) is 85.9 Å². The fourth-order valence-electron chi connectivity index (χ4n) is 3.50. The maximum absolute atomic E-state index is 5.76.